The second kappa shape index (κ2) is 7.94. The molecule has 132 valence electrons. The van der Waals surface area contributed by atoms with Crippen LogP contribution in [0.25, 0.3) is 0 Å². The molecule has 1 unspecified atom stereocenters. The number of aromatic nitrogens is 3. The second-order valence-corrected chi connectivity index (χ2v) is 7.54. The second-order valence-electron chi connectivity index (χ2n) is 7.15. The maximum absolute atomic E-state index is 11.2. The van der Waals surface area contributed by atoms with Gasteiger partial charge in [-0.25, -0.2) is 4.68 Å². The summed E-state index contributed by atoms with van der Waals surface area (Å²) in [7, 11) is 0. The predicted octanol–water partition coefficient (Wildman–Crippen LogP) is 3.97. The monoisotopic (exact) mass is 349 g/mol. The first-order valence-corrected chi connectivity index (χ1v) is 8.73. The van der Waals surface area contributed by atoms with Crippen LogP contribution in [0.4, 0.5) is 0 Å². The maximum atomic E-state index is 11.2. The van der Waals surface area contributed by atoms with Gasteiger partial charge in [0.15, 0.2) is 4.77 Å². The number of H-pyrrole nitrogens is 1. The largest absolute Gasteiger partial charge is 0.494 e. The molecule has 0 saturated carbocycles. The van der Waals surface area contributed by atoms with Gasteiger partial charge in [0.1, 0.15) is 12.1 Å². The highest BCUT2D eigenvalue weighted by atomic mass is 32.1. The zero-order chi connectivity index (χ0) is 17.6. The standard InChI is InChI=1S/C18H27N3O2S/c1-17(2,3)18(22,13-21-16(24)19-14-20-21)11-7-8-12-23-15-9-5-4-6-10-15/h4-6,9-10,14,22H,7-8,11-13H2,1-3H3,(H,19,20,24). The number of para-hydroxylation sites is 1. The van der Waals surface area contributed by atoms with Crippen LogP contribution in [-0.4, -0.2) is 32.1 Å². The fourth-order valence-electron chi connectivity index (χ4n) is 2.56. The van der Waals surface area contributed by atoms with Gasteiger partial charge in [0, 0.05) is 0 Å². The summed E-state index contributed by atoms with van der Waals surface area (Å²) in [5, 5.41) is 15.4. The maximum Gasteiger partial charge on any atom is 0.195 e. The lowest BCUT2D eigenvalue weighted by Crippen LogP contribution is -2.46. The van der Waals surface area contributed by atoms with Crippen molar-refractivity contribution in [1.29, 1.82) is 0 Å². The molecule has 0 fully saturated rings. The Hall–Kier alpha value is -1.66. The van der Waals surface area contributed by atoms with E-state index < -0.39 is 5.60 Å². The van der Waals surface area contributed by atoms with Crippen molar-refractivity contribution in [3.05, 3.63) is 41.4 Å². The van der Waals surface area contributed by atoms with Gasteiger partial charge in [-0.15, -0.1) is 0 Å². The molecule has 5 nitrogen and oxygen atoms in total. The lowest BCUT2D eigenvalue weighted by atomic mass is 9.73. The van der Waals surface area contributed by atoms with E-state index in [0.29, 0.717) is 24.3 Å². The van der Waals surface area contributed by atoms with Gasteiger partial charge in [-0.3, -0.25) is 0 Å². The van der Waals surface area contributed by atoms with Gasteiger partial charge in [-0.05, 0) is 49.0 Å². The first-order chi connectivity index (χ1) is 11.3. The summed E-state index contributed by atoms with van der Waals surface area (Å²) >= 11 is 5.20. The third-order valence-corrected chi connectivity index (χ3v) is 4.75. The summed E-state index contributed by atoms with van der Waals surface area (Å²) in [4.78, 5) is 2.87. The Labute approximate surface area is 148 Å². The van der Waals surface area contributed by atoms with E-state index in [1.807, 2.05) is 51.1 Å². The van der Waals surface area contributed by atoms with Crippen molar-refractivity contribution in [1.82, 2.24) is 14.8 Å². The number of aliphatic hydroxyl groups is 1. The Morgan fingerprint density at radius 2 is 1.92 bits per heavy atom. The molecule has 0 spiro atoms. The van der Waals surface area contributed by atoms with E-state index in [0.717, 1.165) is 18.6 Å². The minimum absolute atomic E-state index is 0.277. The van der Waals surface area contributed by atoms with E-state index in [1.54, 1.807) is 11.0 Å². The van der Waals surface area contributed by atoms with Gasteiger partial charge in [-0.1, -0.05) is 39.0 Å². The van der Waals surface area contributed by atoms with Gasteiger partial charge in [0.05, 0.1) is 18.8 Å². The number of ether oxygens (including phenoxy) is 1. The number of hydrogen-bond donors (Lipinski definition) is 2. The molecule has 0 saturated heterocycles. The Kier molecular flexibility index (Phi) is 6.18. The Morgan fingerprint density at radius 1 is 1.21 bits per heavy atom. The molecule has 0 bridgehead atoms. The molecule has 2 rings (SSSR count). The molecule has 0 aliphatic heterocycles. The molecule has 0 aliphatic rings. The average Bonchev–Trinajstić information content (AvgIpc) is 2.92. The van der Waals surface area contributed by atoms with Crippen LogP contribution in [0.3, 0.4) is 0 Å². The minimum Gasteiger partial charge on any atom is -0.494 e. The number of benzene rings is 1. The third-order valence-electron chi connectivity index (χ3n) is 4.42. The van der Waals surface area contributed by atoms with Crippen molar-refractivity contribution in [2.45, 2.75) is 52.2 Å². The molecule has 1 heterocycles. The molecule has 1 aromatic heterocycles. The Morgan fingerprint density at radius 3 is 2.50 bits per heavy atom. The van der Waals surface area contributed by atoms with Crippen molar-refractivity contribution < 1.29 is 9.84 Å². The highest BCUT2D eigenvalue weighted by Crippen LogP contribution is 2.36. The van der Waals surface area contributed by atoms with Crippen LogP contribution in [0.5, 0.6) is 5.75 Å². The normalized spacial score (nSPS) is 14.3. The highest BCUT2D eigenvalue weighted by Gasteiger charge is 2.40. The van der Waals surface area contributed by atoms with Crippen molar-refractivity contribution in [2.75, 3.05) is 6.61 Å². The SMILES string of the molecule is CC(C)(C)C(O)(CCCCOc1ccccc1)Cn1nc[nH]c1=S. The first kappa shape index (κ1) is 18.7. The van der Waals surface area contributed by atoms with E-state index >= 15 is 0 Å². The zero-order valence-corrected chi connectivity index (χ0v) is 15.5. The van der Waals surface area contributed by atoms with E-state index in [2.05, 4.69) is 10.1 Å². The van der Waals surface area contributed by atoms with E-state index in [9.17, 15) is 5.11 Å². The Bertz CT molecular complexity index is 675. The number of aromatic amines is 1. The topological polar surface area (TPSA) is 63.1 Å². The van der Waals surface area contributed by atoms with Crippen LogP contribution in [0.2, 0.25) is 0 Å². The average molecular weight is 350 g/mol. The van der Waals surface area contributed by atoms with Crippen molar-refractivity contribution in [3.8, 4) is 5.75 Å². The van der Waals surface area contributed by atoms with Crippen LogP contribution in [0, 0.1) is 10.2 Å². The molecule has 0 radical (unpaired) electrons. The smallest absolute Gasteiger partial charge is 0.195 e. The van der Waals surface area contributed by atoms with Crippen LogP contribution < -0.4 is 4.74 Å². The van der Waals surface area contributed by atoms with Gasteiger partial charge in [0.2, 0.25) is 0 Å². The molecule has 2 aromatic rings. The third kappa shape index (κ3) is 4.92. The van der Waals surface area contributed by atoms with Crippen LogP contribution in [0.15, 0.2) is 36.7 Å². The highest BCUT2D eigenvalue weighted by molar-refractivity contribution is 7.71. The summed E-state index contributed by atoms with van der Waals surface area (Å²) in [6.07, 6.45) is 3.99. The minimum atomic E-state index is -0.882. The summed E-state index contributed by atoms with van der Waals surface area (Å²) in [5.41, 5.74) is -1.16. The molecule has 0 aliphatic carbocycles. The fraction of sp³-hybridized carbons (Fsp3) is 0.556. The number of rotatable bonds is 8. The predicted molar refractivity (Wildman–Crippen MR) is 97.6 cm³/mol. The Balaban J connectivity index is 1.87. The molecule has 0 amide bonds. The summed E-state index contributed by atoms with van der Waals surface area (Å²) in [6.45, 7) is 7.17. The van der Waals surface area contributed by atoms with E-state index in [4.69, 9.17) is 17.0 Å². The van der Waals surface area contributed by atoms with Crippen LogP contribution >= 0.6 is 12.2 Å². The van der Waals surface area contributed by atoms with Gasteiger partial charge < -0.3 is 14.8 Å². The van der Waals surface area contributed by atoms with E-state index in [1.165, 1.54) is 0 Å². The molecular weight excluding hydrogens is 322 g/mol. The van der Waals surface area contributed by atoms with Crippen LogP contribution in [-0.2, 0) is 6.54 Å². The lowest BCUT2D eigenvalue weighted by Gasteiger charge is -2.40. The van der Waals surface area contributed by atoms with Gasteiger partial charge in [-0.2, -0.15) is 5.10 Å². The summed E-state index contributed by atoms with van der Waals surface area (Å²) in [6, 6.07) is 9.79. The summed E-state index contributed by atoms with van der Waals surface area (Å²) in [5.74, 6) is 0.881. The first-order valence-electron chi connectivity index (χ1n) is 8.33. The fourth-order valence-corrected chi connectivity index (χ4v) is 2.72. The van der Waals surface area contributed by atoms with E-state index in [-0.39, 0.29) is 5.41 Å². The molecular formula is C18H27N3O2S. The molecule has 1 aromatic carbocycles. The van der Waals surface area contributed by atoms with Crippen molar-refractivity contribution in [3.63, 3.8) is 0 Å². The number of nitrogens with zero attached hydrogens (tertiary/aromatic N) is 2. The van der Waals surface area contributed by atoms with Crippen molar-refractivity contribution >= 4 is 12.2 Å². The molecule has 2 N–H and O–H groups in total. The summed E-state index contributed by atoms with van der Waals surface area (Å²) < 4.78 is 7.90. The molecule has 24 heavy (non-hydrogen) atoms. The number of nitrogens with one attached hydrogen (secondary N) is 1. The number of unbranched alkanes of at least 4 members (excludes halogenated alkanes) is 1. The van der Waals surface area contributed by atoms with Gasteiger partial charge >= 0.3 is 0 Å². The quantitative estimate of drug-likeness (QED) is 0.559. The molecule has 1 atom stereocenters. The lowest BCUT2D eigenvalue weighted by molar-refractivity contribution is -0.0819. The van der Waals surface area contributed by atoms with Crippen LogP contribution in [0.1, 0.15) is 40.0 Å². The van der Waals surface area contributed by atoms with Gasteiger partial charge in [0.25, 0.3) is 0 Å². The van der Waals surface area contributed by atoms with Crippen molar-refractivity contribution in [2.24, 2.45) is 5.41 Å². The molecule has 6 heteroatoms. The number of hydrogen-bond acceptors (Lipinski definition) is 4. The zero-order valence-electron chi connectivity index (χ0n) is 14.7.